The van der Waals surface area contributed by atoms with E-state index in [4.69, 9.17) is 10.5 Å². The van der Waals surface area contributed by atoms with E-state index >= 15 is 0 Å². The molecule has 0 atom stereocenters. The molecule has 2 aromatic carbocycles. The summed E-state index contributed by atoms with van der Waals surface area (Å²) in [6.07, 6.45) is 3.49. The van der Waals surface area contributed by atoms with Gasteiger partial charge in [0.25, 0.3) is 5.91 Å². The summed E-state index contributed by atoms with van der Waals surface area (Å²) in [5, 5.41) is 0.745. The topological polar surface area (TPSA) is 78.1 Å². The molecule has 156 valence electrons. The fourth-order valence-corrected chi connectivity index (χ4v) is 3.55. The number of carbonyl (C=O) groups is 1. The highest BCUT2D eigenvalue weighted by atomic mass is 19.1. The van der Waals surface area contributed by atoms with Crippen LogP contribution in [0.5, 0.6) is 5.75 Å². The Hall–Kier alpha value is -3.80. The molecule has 0 spiro atoms. The van der Waals surface area contributed by atoms with Crippen LogP contribution in [0, 0.1) is 12.7 Å². The summed E-state index contributed by atoms with van der Waals surface area (Å²) in [5.41, 5.74) is 10.3. The molecule has 0 bridgehead atoms. The zero-order valence-corrected chi connectivity index (χ0v) is 17.4. The standard InChI is InChI=1S/C25H22FN3O2/c1-15-3-4-17(14-28-15)6-5-16-7-9-20-21(13-24(25(27)30)29-23(20)11-16)19-10-8-18(31-2)12-22(19)26/h3-4,7-14H,5-6H2,1-2H3,(H2,27,30). The van der Waals surface area contributed by atoms with Crippen molar-refractivity contribution >= 4 is 16.8 Å². The number of ether oxygens (including phenoxy) is 1. The third kappa shape index (κ3) is 4.38. The van der Waals surface area contributed by atoms with Crippen LogP contribution < -0.4 is 10.5 Å². The van der Waals surface area contributed by atoms with Crippen LogP contribution in [0.4, 0.5) is 4.39 Å². The summed E-state index contributed by atoms with van der Waals surface area (Å²) in [7, 11) is 1.48. The highest BCUT2D eigenvalue weighted by Crippen LogP contribution is 2.33. The minimum absolute atomic E-state index is 0.0950. The van der Waals surface area contributed by atoms with E-state index < -0.39 is 11.7 Å². The molecular formula is C25H22FN3O2. The quantitative estimate of drug-likeness (QED) is 0.498. The number of aromatic nitrogens is 2. The van der Waals surface area contributed by atoms with Gasteiger partial charge in [0.1, 0.15) is 17.3 Å². The Kier molecular flexibility index (Phi) is 5.62. The lowest BCUT2D eigenvalue weighted by atomic mass is 9.97. The summed E-state index contributed by atoms with van der Waals surface area (Å²) in [5.74, 6) is -0.686. The minimum atomic E-state index is -0.659. The van der Waals surface area contributed by atoms with E-state index in [0.717, 1.165) is 35.0 Å². The monoisotopic (exact) mass is 415 g/mol. The van der Waals surface area contributed by atoms with Gasteiger partial charge < -0.3 is 10.5 Å². The summed E-state index contributed by atoms with van der Waals surface area (Å²) in [4.78, 5) is 20.6. The fourth-order valence-electron chi connectivity index (χ4n) is 3.55. The second-order valence-electron chi connectivity index (χ2n) is 7.42. The van der Waals surface area contributed by atoms with Crippen LogP contribution in [0.15, 0.2) is 60.8 Å². The number of fused-ring (bicyclic) bond motifs is 1. The lowest BCUT2D eigenvalue weighted by Gasteiger charge is -2.12. The first kappa shape index (κ1) is 20.5. The van der Waals surface area contributed by atoms with Crippen molar-refractivity contribution in [2.75, 3.05) is 7.11 Å². The maximum Gasteiger partial charge on any atom is 0.267 e. The number of methoxy groups -OCH3 is 1. The molecule has 0 aliphatic heterocycles. The van der Waals surface area contributed by atoms with Crippen molar-refractivity contribution in [2.45, 2.75) is 19.8 Å². The molecule has 6 heteroatoms. The second kappa shape index (κ2) is 8.52. The Labute approximate surface area is 179 Å². The maximum absolute atomic E-state index is 14.8. The van der Waals surface area contributed by atoms with Gasteiger partial charge in [-0.25, -0.2) is 9.37 Å². The Morgan fingerprint density at radius 1 is 1.00 bits per heavy atom. The lowest BCUT2D eigenvalue weighted by molar-refractivity contribution is 0.0996. The minimum Gasteiger partial charge on any atom is -0.497 e. The summed E-state index contributed by atoms with van der Waals surface area (Å²) >= 11 is 0. The molecule has 0 fully saturated rings. The van der Waals surface area contributed by atoms with Crippen LogP contribution in [0.1, 0.15) is 27.3 Å². The van der Waals surface area contributed by atoms with Gasteiger partial charge >= 0.3 is 0 Å². The first-order chi connectivity index (χ1) is 14.9. The van der Waals surface area contributed by atoms with Crippen molar-refractivity contribution in [1.82, 2.24) is 9.97 Å². The Morgan fingerprint density at radius 2 is 1.77 bits per heavy atom. The van der Waals surface area contributed by atoms with E-state index in [1.807, 2.05) is 37.4 Å². The van der Waals surface area contributed by atoms with Gasteiger partial charge in [0.2, 0.25) is 0 Å². The van der Waals surface area contributed by atoms with E-state index in [-0.39, 0.29) is 5.69 Å². The number of hydrogen-bond donors (Lipinski definition) is 1. The maximum atomic E-state index is 14.8. The highest BCUT2D eigenvalue weighted by molar-refractivity contribution is 6.01. The van der Waals surface area contributed by atoms with Gasteiger partial charge in [-0.1, -0.05) is 18.2 Å². The fraction of sp³-hybridized carbons (Fsp3) is 0.160. The molecule has 0 aliphatic carbocycles. The molecule has 2 aromatic heterocycles. The van der Waals surface area contributed by atoms with Crippen LogP contribution in [0.25, 0.3) is 22.0 Å². The van der Waals surface area contributed by atoms with E-state index in [1.165, 1.54) is 19.2 Å². The van der Waals surface area contributed by atoms with Gasteiger partial charge in [-0.3, -0.25) is 9.78 Å². The number of amides is 1. The number of carbonyl (C=O) groups excluding carboxylic acids is 1. The smallest absolute Gasteiger partial charge is 0.267 e. The molecule has 0 radical (unpaired) electrons. The van der Waals surface area contributed by atoms with Crippen LogP contribution >= 0.6 is 0 Å². The van der Waals surface area contributed by atoms with Gasteiger partial charge in [0.05, 0.1) is 12.6 Å². The largest absolute Gasteiger partial charge is 0.497 e. The van der Waals surface area contributed by atoms with E-state index in [0.29, 0.717) is 22.4 Å². The number of hydrogen-bond acceptors (Lipinski definition) is 4. The Balaban J connectivity index is 1.75. The van der Waals surface area contributed by atoms with Crippen LogP contribution in [0.3, 0.4) is 0 Å². The molecule has 1 amide bonds. The molecule has 0 aliphatic rings. The Morgan fingerprint density at radius 3 is 2.45 bits per heavy atom. The molecule has 2 heterocycles. The van der Waals surface area contributed by atoms with Gasteiger partial charge in [-0.05, 0) is 66.8 Å². The third-order valence-corrected chi connectivity index (χ3v) is 5.27. The second-order valence-corrected chi connectivity index (χ2v) is 7.42. The number of aryl methyl sites for hydroxylation is 3. The SMILES string of the molecule is COc1ccc(-c2cc(C(N)=O)nc3cc(CCc4ccc(C)nc4)ccc23)c(F)c1. The Bertz CT molecular complexity index is 1270. The zero-order valence-electron chi connectivity index (χ0n) is 17.4. The van der Waals surface area contributed by atoms with Gasteiger partial charge in [-0.15, -0.1) is 0 Å². The molecule has 31 heavy (non-hydrogen) atoms. The molecule has 0 saturated carbocycles. The molecule has 4 rings (SSSR count). The molecule has 0 unspecified atom stereocenters. The molecule has 4 aromatic rings. The predicted molar refractivity (Wildman–Crippen MR) is 119 cm³/mol. The predicted octanol–water partition coefficient (Wildman–Crippen LogP) is 4.64. The van der Waals surface area contributed by atoms with Crippen molar-refractivity contribution in [3.63, 3.8) is 0 Å². The number of nitrogens with zero attached hydrogens (tertiary/aromatic N) is 2. The van der Waals surface area contributed by atoms with E-state index in [2.05, 4.69) is 16.0 Å². The summed E-state index contributed by atoms with van der Waals surface area (Å²) in [6.45, 7) is 1.96. The third-order valence-electron chi connectivity index (χ3n) is 5.27. The number of nitrogens with two attached hydrogens (primary N) is 1. The van der Waals surface area contributed by atoms with Crippen LogP contribution in [0.2, 0.25) is 0 Å². The lowest BCUT2D eigenvalue weighted by Crippen LogP contribution is -2.13. The van der Waals surface area contributed by atoms with Gasteiger partial charge in [0.15, 0.2) is 0 Å². The first-order valence-electron chi connectivity index (χ1n) is 9.93. The molecule has 2 N–H and O–H groups in total. The van der Waals surface area contributed by atoms with E-state index in [1.54, 1.807) is 12.1 Å². The van der Waals surface area contributed by atoms with Gasteiger partial charge in [-0.2, -0.15) is 0 Å². The van der Waals surface area contributed by atoms with E-state index in [9.17, 15) is 9.18 Å². The molecular weight excluding hydrogens is 393 g/mol. The normalized spacial score (nSPS) is 10.9. The average Bonchev–Trinajstić information content (AvgIpc) is 2.77. The van der Waals surface area contributed by atoms with Gasteiger partial charge in [0, 0.05) is 28.9 Å². The number of rotatable bonds is 6. The van der Waals surface area contributed by atoms with Crippen molar-refractivity contribution in [3.8, 4) is 16.9 Å². The highest BCUT2D eigenvalue weighted by Gasteiger charge is 2.15. The molecule has 0 saturated heterocycles. The summed E-state index contributed by atoms with van der Waals surface area (Å²) in [6, 6.07) is 16.1. The van der Waals surface area contributed by atoms with Crippen molar-refractivity contribution in [2.24, 2.45) is 5.73 Å². The zero-order chi connectivity index (χ0) is 22.0. The first-order valence-corrected chi connectivity index (χ1v) is 9.93. The number of primary amides is 1. The van der Waals surface area contributed by atoms with Crippen LogP contribution in [-0.2, 0) is 12.8 Å². The van der Waals surface area contributed by atoms with Crippen LogP contribution in [-0.4, -0.2) is 23.0 Å². The summed E-state index contributed by atoms with van der Waals surface area (Å²) < 4.78 is 19.9. The van der Waals surface area contributed by atoms with Crippen molar-refractivity contribution < 1.29 is 13.9 Å². The number of benzene rings is 2. The number of halogens is 1. The average molecular weight is 415 g/mol. The molecule has 5 nitrogen and oxygen atoms in total. The van der Waals surface area contributed by atoms with Crippen molar-refractivity contribution in [1.29, 1.82) is 0 Å². The number of pyridine rings is 2. The van der Waals surface area contributed by atoms with Crippen molar-refractivity contribution in [3.05, 3.63) is 89.1 Å².